The molecule has 0 aliphatic heterocycles. The second-order valence-electron chi connectivity index (χ2n) is 6.50. The Kier molecular flexibility index (Phi) is 6.50. The molecule has 0 saturated heterocycles. The monoisotopic (exact) mass is 411 g/mol. The molecule has 0 aromatic carbocycles. The number of carbonyl (C=O) groups is 2. The van der Waals surface area contributed by atoms with E-state index in [9.17, 15) is 9.59 Å². The van der Waals surface area contributed by atoms with Crippen LogP contribution in [0.3, 0.4) is 0 Å². The van der Waals surface area contributed by atoms with Crippen molar-refractivity contribution < 1.29 is 14.7 Å². The lowest BCUT2D eigenvalue weighted by atomic mass is 10.1. The van der Waals surface area contributed by atoms with Crippen LogP contribution >= 0.6 is 11.3 Å². The van der Waals surface area contributed by atoms with Crippen molar-refractivity contribution in [1.82, 2.24) is 20.3 Å². The normalized spacial score (nSPS) is 11.7. The number of thiazole rings is 1. The Hall–Kier alpha value is -3.33. The summed E-state index contributed by atoms with van der Waals surface area (Å²) in [5.41, 5.74) is 1.82. The number of amides is 1. The molecular formula is C20H21N5O3S. The molecule has 0 bridgehead atoms. The number of carboxylic acid groups (broad SMARTS) is 1. The van der Waals surface area contributed by atoms with E-state index in [-0.39, 0.29) is 18.7 Å². The molecule has 3 rings (SSSR count). The summed E-state index contributed by atoms with van der Waals surface area (Å²) in [5, 5.41) is 15.5. The number of carbonyl (C=O) groups excluding carboxylic acids is 1. The third kappa shape index (κ3) is 5.82. The van der Waals surface area contributed by atoms with Crippen molar-refractivity contribution in [2.24, 2.45) is 0 Å². The van der Waals surface area contributed by atoms with E-state index in [1.807, 2.05) is 37.3 Å². The molecular weight excluding hydrogens is 390 g/mol. The van der Waals surface area contributed by atoms with E-state index < -0.39 is 12.0 Å². The number of aliphatic carboxylic acids is 1. The third-order valence-corrected chi connectivity index (χ3v) is 5.15. The van der Waals surface area contributed by atoms with Crippen LogP contribution in [0.15, 0.2) is 42.7 Å². The van der Waals surface area contributed by atoms with Gasteiger partial charge in [-0.25, -0.2) is 15.0 Å². The van der Waals surface area contributed by atoms with Gasteiger partial charge in [0.2, 0.25) is 5.91 Å². The van der Waals surface area contributed by atoms with Gasteiger partial charge in [0.1, 0.15) is 16.6 Å². The highest BCUT2D eigenvalue weighted by Gasteiger charge is 2.19. The minimum Gasteiger partial charge on any atom is -0.481 e. The molecule has 8 nitrogen and oxygen atoms in total. The van der Waals surface area contributed by atoms with E-state index in [1.54, 1.807) is 12.4 Å². The van der Waals surface area contributed by atoms with Crippen LogP contribution in [0.25, 0.3) is 10.6 Å². The molecule has 3 heterocycles. The molecule has 3 aromatic heterocycles. The maximum Gasteiger partial charge on any atom is 0.303 e. The Morgan fingerprint density at radius 1 is 1.21 bits per heavy atom. The second kappa shape index (κ2) is 9.24. The van der Waals surface area contributed by atoms with Crippen molar-refractivity contribution in [2.75, 3.05) is 5.32 Å². The number of nitrogens with zero attached hydrogens (tertiary/aromatic N) is 3. The number of hydrogen-bond donors (Lipinski definition) is 3. The Morgan fingerprint density at radius 2 is 2.03 bits per heavy atom. The molecule has 3 N–H and O–H groups in total. The molecule has 3 aromatic rings. The molecule has 1 atom stereocenters. The fourth-order valence-electron chi connectivity index (χ4n) is 2.71. The van der Waals surface area contributed by atoms with E-state index in [1.165, 1.54) is 18.3 Å². The van der Waals surface area contributed by atoms with Gasteiger partial charge in [0.15, 0.2) is 0 Å². The smallest absolute Gasteiger partial charge is 0.303 e. The van der Waals surface area contributed by atoms with Crippen LogP contribution < -0.4 is 10.6 Å². The molecule has 0 saturated carbocycles. The summed E-state index contributed by atoms with van der Waals surface area (Å²) in [7, 11) is 0. The van der Waals surface area contributed by atoms with E-state index >= 15 is 0 Å². The average molecular weight is 411 g/mol. The van der Waals surface area contributed by atoms with Gasteiger partial charge in [0.25, 0.3) is 0 Å². The van der Waals surface area contributed by atoms with Crippen LogP contribution in [-0.2, 0) is 9.59 Å². The topological polar surface area (TPSA) is 117 Å². The number of hydrogen-bond acceptors (Lipinski definition) is 7. The van der Waals surface area contributed by atoms with Crippen LogP contribution in [0, 0.1) is 6.92 Å². The lowest BCUT2D eigenvalue weighted by molar-refractivity contribution is -0.137. The fraction of sp³-hybridized carbons (Fsp3) is 0.250. The Labute approximate surface area is 172 Å². The van der Waals surface area contributed by atoms with Crippen LogP contribution in [0.2, 0.25) is 0 Å². The third-order valence-electron chi connectivity index (χ3n) is 4.02. The van der Waals surface area contributed by atoms with Gasteiger partial charge in [-0.15, -0.1) is 11.3 Å². The van der Waals surface area contributed by atoms with Gasteiger partial charge < -0.3 is 15.7 Å². The highest BCUT2D eigenvalue weighted by Crippen LogP contribution is 2.30. The number of rotatable bonds is 8. The predicted octanol–water partition coefficient (Wildman–Crippen LogP) is 3.69. The van der Waals surface area contributed by atoms with E-state index in [2.05, 4.69) is 25.6 Å². The predicted molar refractivity (Wildman–Crippen MR) is 111 cm³/mol. The van der Waals surface area contributed by atoms with Crippen molar-refractivity contribution in [3.8, 4) is 10.6 Å². The lowest BCUT2D eigenvalue weighted by Crippen LogP contribution is -2.26. The molecule has 1 amide bonds. The summed E-state index contributed by atoms with van der Waals surface area (Å²) in [5.74, 6) is 0.216. The summed E-state index contributed by atoms with van der Waals surface area (Å²) >= 11 is 1.38. The maximum absolute atomic E-state index is 11.5. The standard InChI is InChI=1S/C20H21N5O3S/c1-12-8-9-21-18(10-12)25-17-5-3-4-14(24-17)16-11-22-20(29-16)15(23-13(2)26)6-7-19(27)28/h3-5,8-11,15H,6-7H2,1-2H3,(H,23,26)(H,27,28)(H,21,24,25)/t15-/m0/s1. The van der Waals surface area contributed by atoms with Crippen molar-refractivity contribution in [3.05, 3.63) is 53.3 Å². The first-order valence-electron chi connectivity index (χ1n) is 9.02. The summed E-state index contributed by atoms with van der Waals surface area (Å²) in [6, 6.07) is 9.01. The fourth-order valence-corrected chi connectivity index (χ4v) is 3.69. The van der Waals surface area contributed by atoms with Crippen molar-refractivity contribution >= 4 is 34.8 Å². The lowest BCUT2D eigenvalue weighted by Gasteiger charge is -2.14. The molecule has 0 aliphatic rings. The molecule has 150 valence electrons. The molecule has 0 radical (unpaired) electrons. The molecule has 0 aliphatic carbocycles. The Bertz CT molecular complexity index is 1020. The zero-order valence-corrected chi connectivity index (χ0v) is 16.9. The average Bonchev–Trinajstić information content (AvgIpc) is 3.15. The number of aryl methyl sites for hydroxylation is 1. The first-order valence-corrected chi connectivity index (χ1v) is 9.84. The number of pyridine rings is 2. The van der Waals surface area contributed by atoms with Crippen molar-refractivity contribution in [1.29, 1.82) is 0 Å². The van der Waals surface area contributed by atoms with Crippen LogP contribution in [0.1, 0.15) is 36.4 Å². The van der Waals surface area contributed by atoms with Gasteiger partial charge in [-0.2, -0.15) is 0 Å². The number of nitrogens with one attached hydrogen (secondary N) is 2. The molecule has 0 fully saturated rings. The number of anilines is 2. The first kappa shape index (κ1) is 20.4. The zero-order chi connectivity index (χ0) is 20.8. The van der Waals surface area contributed by atoms with Gasteiger partial charge in [-0.3, -0.25) is 9.59 Å². The van der Waals surface area contributed by atoms with Gasteiger partial charge in [0, 0.05) is 25.7 Å². The van der Waals surface area contributed by atoms with E-state index in [4.69, 9.17) is 5.11 Å². The maximum atomic E-state index is 11.5. The number of aromatic nitrogens is 3. The van der Waals surface area contributed by atoms with Crippen molar-refractivity contribution in [3.63, 3.8) is 0 Å². The first-order chi connectivity index (χ1) is 13.9. The van der Waals surface area contributed by atoms with E-state index in [0.29, 0.717) is 16.6 Å². The Balaban J connectivity index is 1.79. The van der Waals surface area contributed by atoms with Crippen molar-refractivity contribution in [2.45, 2.75) is 32.7 Å². The SMILES string of the molecule is CC(=O)N[C@@H](CCC(=O)O)c1ncc(-c2cccc(Nc3cc(C)ccn3)n2)s1. The summed E-state index contributed by atoms with van der Waals surface area (Å²) < 4.78 is 0. The molecule has 29 heavy (non-hydrogen) atoms. The van der Waals surface area contributed by atoms with Crippen LogP contribution in [-0.4, -0.2) is 31.9 Å². The van der Waals surface area contributed by atoms with Gasteiger partial charge >= 0.3 is 5.97 Å². The highest BCUT2D eigenvalue weighted by molar-refractivity contribution is 7.15. The molecule has 0 spiro atoms. The van der Waals surface area contributed by atoms with Gasteiger partial charge in [-0.05, 0) is 43.2 Å². The Morgan fingerprint density at radius 3 is 2.76 bits per heavy atom. The molecule has 0 unspecified atom stereocenters. The summed E-state index contributed by atoms with van der Waals surface area (Å²) in [6.07, 6.45) is 3.64. The van der Waals surface area contributed by atoms with Crippen LogP contribution in [0.5, 0.6) is 0 Å². The quantitative estimate of drug-likeness (QED) is 0.517. The summed E-state index contributed by atoms with van der Waals surface area (Å²) in [6.45, 7) is 3.39. The van der Waals surface area contributed by atoms with E-state index in [0.717, 1.165) is 16.1 Å². The number of carboxylic acids is 1. The molecule has 9 heteroatoms. The summed E-state index contributed by atoms with van der Waals surface area (Å²) in [4.78, 5) is 36.5. The zero-order valence-electron chi connectivity index (χ0n) is 16.0. The largest absolute Gasteiger partial charge is 0.481 e. The van der Waals surface area contributed by atoms with Crippen LogP contribution in [0.4, 0.5) is 11.6 Å². The van der Waals surface area contributed by atoms with Gasteiger partial charge in [0.05, 0.1) is 16.6 Å². The minimum absolute atomic E-state index is 0.0546. The highest BCUT2D eigenvalue weighted by atomic mass is 32.1. The minimum atomic E-state index is -0.915. The second-order valence-corrected chi connectivity index (χ2v) is 7.56. The van der Waals surface area contributed by atoms with Gasteiger partial charge in [-0.1, -0.05) is 6.07 Å².